The molecule has 3 heterocycles. The zero-order chi connectivity index (χ0) is 24.7. The van der Waals surface area contributed by atoms with Crippen LogP contribution in [0.15, 0.2) is 77.4 Å². The lowest BCUT2D eigenvalue weighted by molar-refractivity contribution is -0.116. The van der Waals surface area contributed by atoms with Crippen molar-refractivity contribution in [1.82, 2.24) is 20.1 Å². The average Bonchev–Trinajstić information content (AvgIpc) is 3.17. The van der Waals surface area contributed by atoms with E-state index in [2.05, 4.69) is 32.8 Å². The van der Waals surface area contributed by atoms with Crippen molar-refractivity contribution in [3.8, 4) is 0 Å². The van der Waals surface area contributed by atoms with Gasteiger partial charge in [-0.15, -0.1) is 0 Å². The molecule has 178 valence electrons. The molecule has 7 nitrogen and oxygen atoms in total. The number of rotatable bonds is 4. The Morgan fingerprint density at radius 3 is 2.51 bits per heavy atom. The van der Waals surface area contributed by atoms with E-state index in [1.54, 1.807) is 16.9 Å². The average molecular weight is 468 g/mol. The normalized spacial score (nSPS) is 19.9. The molecule has 1 aromatic carbocycles. The molecule has 0 saturated carbocycles. The summed E-state index contributed by atoms with van der Waals surface area (Å²) in [6.45, 7) is 5.77. The van der Waals surface area contributed by atoms with Gasteiger partial charge in [0.1, 0.15) is 5.82 Å². The van der Waals surface area contributed by atoms with Gasteiger partial charge in [0.15, 0.2) is 5.78 Å². The third-order valence-corrected chi connectivity index (χ3v) is 6.86. The molecule has 0 unspecified atom stereocenters. The number of hydrogen-bond donors (Lipinski definition) is 2. The Hall–Kier alpha value is -4.00. The molecule has 0 radical (unpaired) electrons. The van der Waals surface area contributed by atoms with Gasteiger partial charge in [-0.3, -0.25) is 14.3 Å². The molecule has 2 aromatic heterocycles. The van der Waals surface area contributed by atoms with Gasteiger partial charge in [-0.2, -0.15) is 5.10 Å². The van der Waals surface area contributed by atoms with E-state index >= 15 is 0 Å². The molecule has 35 heavy (non-hydrogen) atoms. The Labute approximate surface area is 205 Å². The number of dihydropyridines is 1. The zero-order valence-corrected chi connectivity index (χ0v) is 20.4. The first-order chi connectivity index (χ1) is 16.8. The molecule has 2 atom stereocenters. The molecule has 1 aliphatic carbocycles. The van der Waals surface area contributed by atoms with Crippen LogP contribution in [0, 0.1) is 13.8 Å². The van der Waals surface area contributed by atoms with Crippen LogP contribution in [0.3, 0.4) is 0 Å². The lowest BCUT2D eigenvalue weighted by atomic mass is 9.71. The highest BCUT2D eigenvalue weighted by Gasteiger charge is 2.42. The van der Waals surface area contributed by atoms with Crippen LogP contribution in [-0.4, -0.2) is 26.5 Å². The molecule has 3 aromatic rings. The maximum Gasteiger partial charge on any atom is 0.255 e. The number of nitrogens with zero attached hydrogens (tertiary/aromatic N) is 3. The number of benzene rings is 1. The molecule has 2 N–H and O–H groups in total. The van der Waals surface area contributed by atoms with E-state index in [1.807, 2.05) is 58.3 Å². The van der Waals surface area contributed by atoms with Crippen LogP contribution in [0.1, 0.15) is 54.0 Å². The minimum atomic E-state index is -0.491. The predicted octanol–water partition coefficient (Wildman–Crippen LogP) is 4.43. The second-order valence-electron chi connectivity index (χ2n) is 9.45. The minimum Gasteiger partial charge on any atom is -0.362 e. The fraction of sp³-hybridized carbons (Fsp3) is 0.286. The third kappa shape index (κ3) is 4.30. The number of carbonyl (C=O) groups excluding carboxylic acids is 2. The molecule has 0 spiro atoms. The van der Waals surface area contributed by atoms with Gasteiger partial charge < -0.3 is 10.6 Å². The number of anilines is 1. The Kier molecular flexibility index (Phi) is 5.84. The molecular formula is C28H29N5O2. The van der Waals surface area contributed by atoms with Crippen molar-refractivity contribution < 1.29 is 9.59 Å². The summed E-state index contributed by atoms with van der Waals surface area (Å²) in [4.78, 5) is 31.6. The first kappa shape index (κ1) is 22.8. The molecule has 1 amide bonds. The first-order valence-electron chi connectivity index (χ1n) is 11.8. The topological polar surface area (TPSA) is 88.9 Å². The maximum absolute atomic E-state index is 13.7. The second-order valence-corrected chi connectivity index (χ2v) is 9.45. The van der Waals surface area contributed by atoms with Crippen LogP contribution >= 0.6 is 0 Å². The van der Waals surface area contributed by atoms with Crippen LogP contribution in [0.2, 0.25) is 0 Å². The highest BCUT2D eigenvalue weighted by molar-refractivity contribution is 6.09. The molecular weight excluding hydrogens is 438 g/mol. The Bertz CT molecular complexity index is 1370. The van der Waals surface area contributed by atoms with E-state index in [1.165, 1.54) is 0 Å². The molecule has 1 aliphatic heterocycles. The Balaban J connectivity index is 1.57. The highest BCUT2D eigenvalue weighted by atomic mass is 16.2. The number of carbonyl (C=O) groups is 2. The van der Waals surface area contributed by atoms with Crippen molar-refractivity contribution in [3.63, 3.8) is 0 Å². The van der Waals surface area contributed by atoms with E-state index in [-0.39, 0.29) is 17.6 Å². The fourth-order valence-corrected chi connectivity index (χ4v) is 5.24. The number of hydrogen-bond acceptors (Lipinski definition) is 5. The zero-order valence-electron chi connectivity index (χ0n) is 20.4. The third-order valence-electron chi connectivity index (χ3n) is 6.86. The van der Waals surface area contributed by atoms with Crippen molar-refractivity contribution in [2.75, 3.05) is 5.32 Å². The van der Waals surface area contributed by atoms with Gasteiger partial charge in [-0.05, 0) is 50.3 Å². The summed E-state index contributed by atoms with van der Waals surface area (Å²) >= 11 is 0. The van der Waals surface area contributed by atoms with Gasteiger partial charge in [-0.1, -0.05) is 36.4 Å². The fourth-order valence-electron chi connectivity index (χ4n) is 5.24. The van der Waals surface area contributed by atoms with Crippen molar-refractivity contribution in [2.24, 2.45) is 7.05 Å². The van der Waals surface area contributed by atoms with Gasteiger partial charge >= 0.3 is 0 Å². The molecule has 2 aliphatic rings. The lowest BCUT2D eigenvalue weighted by Crippen LogP contribution is -2.37. The standard InChI is InChI=1S/C28H29N5O2/c1-16-10-11-24(29-14-16)31-28(35)25-18(3)30-22-12-20(19-8-6-5-7-9-19)13-23(34)27(22)26(25)21-15-33(4)32-17(21)2/h5-11,14-15,20,26,30H,12-13H2,1-4H3,(H,29,31,35)/t20-,26-/m1/s1. The number of ketones is 1. The monoisotopic (exact) mass is 467 g/mol. The van der Waals surface area contributed by atoms with Gasteiger partial charge in [0.2, 0.25) is 0 Å². The number of aromatic nitrogens is 3. The van der Waals surface area contributed by atoms with E-state index in [9.17, 15) is 9.59 Å². The lowest BCUT2D eigenvalue weighted by Gasteiger charge is -2.36. The Morgan fingerprint density at radius 2 is 1.86 bits per heavy atom. The Morgan fingerprint density at radius 1 is 1.09 bits per heavy atom. The quantitative estimate of drug-likeness (QED) is 0.593. The van der Waals surface area contributed by atoms with Crippen LogP contribution in [0.5, 0.6) is 0 Å². The summed E-state index contributed by atoms with van der Waals surface area (Å²) < 4.78 is 1.74. The van der Waals surface area contributed by atoms with Crippen LogP contribution < -0.4 is 10.6 Å². The van der Waals surface area contributed by atoms with E-state index in [0.717, 1.165) is 33.8 Å². The number of pyridine rings is 1. The maximum atomic E-state index is 13.7. The number of Topliss-reactive ketones (excluding diaryl/α,β-unsaturated/α-hetero) is 1. The van der Waals surface area contributed by atoms with Crippen molar-refractivity contribution in [3.05, 3.63) is 99.8 Å². The SMILES string of the molecule is CC1=C(C(=O)Nc2ccc(C)cn2)[C@@H](c2cn(C)nc2C)C2=C(C[C@@H](c3ccccc3)CC2=O)N1. The predicted molar refractivity (Wildman–Crippen MR) is 135 cm³/mol. The summed E-state index contributed by atoms with van der Waals surface area (Å²) in [5, 5.41) is 10.9. The first-order valence-corrected chi connectivity index (χ1v) is 11.8. The van der Waals surface area contributed by atoms with Crippen molar-refractivity contribution in [2.45, 2.75) is 45.4 Å². The summed E-state index contributed by atoms with van der Waals surface area (Å²) in [7, 11) is 1.85. The van der Waals surface area contributed by atoms with Gasteiger partial charge in [0, 0.05) is 59.9 Å². The molecule has 0 saturated heterocycles. The van der Waals surface area contributed by atoms with Crippen molar-refractivity contribution >= 4 is 17.5 Å². The van der Waals surface area contributed by atoms with Crippen LogP contribution in [0.25, 0.3) is 0 Å². The van der Waals surface area contributed by atoms with Gasteiger partial charge in [0.25, 0.3) is 5.91 Å². The number of aryl methyl sites for hydroxylation is 3. The van der Waals surface area contributed by atoms with Crippen LogP contribution in [-0.2, 0) is 16.6 Å². The largest absolute Gasteiger partial charge is 0.362 e. The van der Waals surface area contributed by atoms with E-state index in [0.29, 0.717) is 29.8 Å². The molecule has 0 bridgehead atoms. The highest BCUT2D eigenvalue weighted by Crippen LogP contribution is 2.46. The second kappa shape index (κ2) is 8.98. The van der Waals surface area contributed by atoms with E-state index < -0.39 is 5.92 Å². The number of nitrogens with one attached hydrogen (secondary N) is 2. The summed E-state index contributed by atoms with van der Waals surface area (Å²) in [5.41, 5.74) is 6.66. The van der Waals surface area contributed by atoms with Gasteiger partial charge in [0.05, 0.1) is 5.69 Å². The number of amides is 1. The summed E-state index contributed by atoms with van der Waals surface area (Å²) in [6, 6.07) is 13.8. The van der Waals surface area contributed by atoms with E-state index in [4.69, 9.17) is 0 Å². The molecule has 0 fully saturated rings. The number of allylic oxidation sites excluding steroid dienone is 3. The molecule has 7 heteroatoms. The van der Waals surface area contributed by atoms with Gasteiger partial charge in [-0.25, -0.2) is 4.98 Å². The minimum absolute atomic E-state index is 0.0621. The summed E-state index contributed by atoms with van der Waals surface area (Å²) in [6.07, 6.45) is 4.76. The van der Waals surface area contributed by atoms with Crippen molar-refractivity contribution in [1.29, 1.82) is 0 Å². The van der Waals surface area contributed by atoms with Crippen LogP contribution in [0.4, 0.5) is 5.82 Å². The molecule has 5 rings (SSSR count). The smallest absolute Gasteiger partial charge is 0.255 e. The summed E-state index contributed by atoms with van der Waals surface area (Å²) in [5.74, 6) is -0.127.